The van der Waals surface area contributed by atoms with Crippen LogP contribution < -0.4 is 5.32 Å². The number of piperazine rings is 1. The van der Waals surface area contributed by atoms with E-state index in [1.807, 2.05) is 26.0 Å². The van der Waals surface area contributed by atoms with Gasteiger partial charge in [0.1, 0.15) is 6.04 Å². The van der Waals surface area contributed by atoms with Gasteiger partial charge in [0.15, 0.2) is 0 Å². The van der Waals surface area contributed by atoms with Crippen molar-refractivity contribution in [2.24, 2.45) is 0 Å². The zero-order valence-corrected chi connectivity index (χ0v) is 20.3. The van der Waals surface area contributed by atoms with E-state index in [-0.39, 0.29) is 30.3 Å². The lowest BCUT2D eigenvalue weighted by atomic mass is 9.86. The summed E-state index contributed by atoms with van der Waals surface area (Å²) in [6, 6.07) is 6.70. The predicted octanol–water partition coefficient (Wildman–Crippen LogP) is 1.83. The van der Waals surface area contributed by atoms with E-state index >= 15 is 0 Å². The first-order valence-corrected chi connectivity index (χ1v) is 12.3. The van der Waals surface area contributed by atoms with Crippen LogP contribution in [0.2, 0.25) is 0 Å². The fraction of sp³-hybridized carbons (Fsp3) is 0.636. The highest BCUT2D eigenvalue weighted by molar-refractivity contribution is 7.86. The van der Waals surface area contributed by atoms with Gasteiger partial charge in [-0.2, -0.15) is 17.0 Å². The van der Waals surface area contributed by atoms with Crippen LogP contribution in [0.3, 0.4) is 0 Å². The molecule has 8 nitrogen and oxygen atoms in total. The molecule has 2 rings (SSSR count). The van der Waals surface area contributed by atoms with Gasteiger partial charge in [-0.15, -0.1) is 0 Å². The largest absolute Gasteiger partial charge is 0.341 e. The van der Waals surface area contributed by atoms with Crippen molar-refractivity contribution in [2.75, 3.05) is 39.3 Å². The summed E-state index contributed by atoms with van der Waals surface area (Å²) in [5.74, 6) is -0.511. The Morgan fingerprint density at radius 3 is 2.00 bits per heavy atom. The first kappa shape index (κ1) is 25.3. The Morgan fingerprint density at radius 2 is 1.55 bits per heavy atom. The molecule has 0 bridgehead atoms. The second-order valence-electron chi connectivity index (χ2n) is 8.84. The number of nitrogens with one attached hydrogen (secondary N) is 1. The molecule has 1 unspecified atom stereocenters. The highest BCUT2D eigenvalue weighted by atomic mass is 32.2. The standard InChI is InChI=1S/C22H36N4O4S/c1-7-25(8-2)31(29,30)26-15-13-24(14-16-26)21(28)17(3)23-20(27)18-9-11-19(12-10-18)22(4,5)6/h9-12,17H,7-8,13-16H2,1-6H3,(H,23,27). The normalized spacial score (nSPS) is 16.9. The molecule has 1 N–H and O–H groups in total. The summed E-state index contributed by atoms with van der Waals surface area (Å²) in [7, 11) is -3.50. The molecule has 2 amide bonds. The number of hydrogen-bond acceptors (Lipinski definition) is 4. The van der Waals surface area contributed by atoms with Crippen LogP contribution in [0.4, 0.5) is 0 Å². The topological polar surface area (TPSA) is 90.0 Å². The van der Waals surface area contributed by atoms with Crippen LogP contribution in [0.5, 0.6) is 0 Å². The number of hydrogen-bond donors (Lipinski definition) is 1. The van der Waals surface area contributed by atoms with Crippen LogP contribution in [-0.2, 0) is 20.4 Å². The van der Waals surface area contributed by atoms with Gasteiger partial charge in [-0.25, -0.2) is 0 Å². The highest BCUT2D eigenvalue weighted by Crippen LogP contribution is 2.22. The van der Waals surface area contributed by atoms with Crippen molar-refractivity contribution < 1.29 is 18.0 Å². The summed E-state index contributed by atoms with van der Waals surface area (Å²) in [5.41, 5.74) is 1.63. The van der Waals surface area contributed by atoms with Crippen molar-refractivity contribution in [1.29, 1.82) is 0 Å². The van der Waals surface area contributed by atoms with Gasteiger partial charge < -0.3 is 10.2 Å². The van der Waals surface area contributed by atoms with Crippen molar-refractivity contribution in [2.45, 2.75) is 53.0 Å². The number of rotatable bonds is 7. The fourth-order valence-corrected chi connectivity index (χ4v) is 5.19. The second kappa shape index (κ2) is 10.1. The molecule has 1 aliphatic rings. The Balaban J connectivity index is 1.93. The quantitative estimate of drug-likeness (QED) is 0.683. The summed E-state index contributed by atoms with van der Waals surface area (Å²) in [6.45, 7) is 13.5. The number of benzene rings is 1. The van der Waals surface area contributed by atoms with E-state index in [2.05, 4.69) is 26.1 Å². The van der Waals surface area contributed by atoms with E-state index in [1.165, 1.54) is 8.61 Å². The molecule has 1 saturated heterocycles. The van der Waals surface area contributed by atoms with Gasteiger partial charge >= 0.3 is 0 Å². The maximum atomic E-state index is 12.8. The highest BCUT2D eigenvalue weighted by Gasteiger charge is 2.33. The monoisotopic (exact) mass is 452 g/mol. The molecule has 0 aromatic heterocycles. The summed E-state index contributed by atoms with van der Waals surface area (Å²) < 4.78 is 28.1. The van der Waals surface area contributed by atoms with Crippen molar-refractivity contribution in [1.82, 2.24) is 18.8 Å². The average Bonchev–Trinajstić information content (AvgIpc) is 2.73. The molecular formula is C22H36N4O4S. The maximum absolute atomic E-state index is 12.8. The molecular weight excluding hydrogens is 416 g/mol. The lowest BCUT2D eigenvalue weighted by molar-refractivity contribution is -0.134. The molecule has 0 spiro atoms. The summed E-state index contributed by atoms with van der Waals surface area (Å²) in [5, 5.41) is 2.76. The zero-order chi connectivity index (χ0) is 23.4. The summed E-state index contributed by atoms with van der Waals surface area (Å²) in [6.07, 6.45) is 0. The predicted molar refractivity (Wildman–Crippen MR) is 122 cm³/mol. The summed E-state index contributed by atoms with van der Waals surface area (Å²) in [4.78, 5) is 27.0. The molecule has 0 aliphatic carbocycles. The van der Waals surface area contributed by atoms with Crippen LogP contribution in [0, 0.1) is 0 Å². The number of carbonyl (C=O) groups is 2. The maximum Gasteiger partial charge on any atom is 0.282 e. The third kappa shape index (κ3) is 6.05. The first-order valence-electron chi connectivity index (χ1n) is 10.9. The SMILES string of the molecule is CCN(CC)S(=O)(=O)N1CCN(C(=O)C(C)NC(=O)c2ccc(C(C)(C)C)cc2)CC1. The van der Waals surface area contributed by atoms with Gasteiger partial charge in [-0.3, -0.25) is 9.59 Å². The molecule has 1 heterocycles. The minimum atomic E-state index is -3.50. The molecule has 0 radical (unpaired) electrons. The summed E-state index contributed by atoms with van der Waals surface area (Å²) >= 11 is 0. The minimum absolute atomic E-state index is 0.000816. The molecule has 1 fully saturated rings. The Kier molecular flexibility index (Phi) is 8.24. The molecule has 174 valence electrons. The Hall–Kier alpha value is -1.97. The molecule has 1 aliphatic heterocycles. The Labute approximate surface area is 186 Å². The van der Waals surface area contributed by atoms with Crippen LogP contribution >= 0.6 is 0 Å². The third-order valence-corrected chi connectivity index (χ3v) is 7.83. The van der Waals surface area contributed by atoms with E-state index in [1.54, 1.807) is 24.0 Å². The van der Waals surface area contributed by atoms with Crippen LogP contribution in [0.25, 0.3) is 0 Å². The van der Waals surface area contributed by atoms with Gasteiger partial charge in [0, 0.05) is 44.8 Å². The van der Waals surface area contributed by atoms with E-state index < -0.39 is 16.3 Å². The van der Waals surface area contributed by atoms with Crippen LogP contribution in [-0.4, -0.2) is 79.1 Å². The van der Waals surface area contributed by atoms with E-state index in [0.29, 0.717) is 31.7 Å². The van der Waals surface area contributed by atoms with Crippen molar-refractivity contribution >= 4 is 22.0 Å². The number of nitrogens with zero attached hydrogens (tertiary/aromatic N) is 3. The number of amides is 2. The fourth-order valence-electron chi connectivity index (χ4n) is 3.59. The van der Waals surface area contributed by atoms with E-state index in [9.17, 15) is 18.0 Å². The molecule has 1 aromatic rings. The third-order valence-electron chi connectivity index (χ3n) is 5.64. The van der Waals surface area contributed by atoms with Gasteiger partial charge in [0.2, 0.25) is 5.91 Å². The molecule has 1 aromatic carbocycles. The van der Waals surface area contributed by atoms with Crippen molar-refractivity contribution in [3.63, 3.8) is 0 Å². The van der Waals surface area contributed by atoms with E-state index in [0.717, 1.165) is 5.56 Å². The molecule has 9 heteroatoms. The first-order chi connectivity index (χ1) is 14.4. The lowest BCUT2D eigenvalue weighted by Gasteiger charge is -2.37. The Morgan fingerprint density at radius 1 is 1.03 bits per heavy atom. The zero-order valence-electron chi connectivity index (χ0n) is 19.5. The minimum Gasteiger partial charge on any atom is -0.341 e. The molecule has 0 saturated carbocycles. The van der Waals surface area contributed by atoms with Gasteiger partial charge in [0.25, 0.3) is 16.1 Å². The molecule has 1 atom stereocenters. The Bertz CT molecular complexity index is 866. The van der Waals surface area contributed by atoms with Gasteiger partial charge in [-0.05, 0) is 30.0 Å². The van der Waals surface area contributed by atoms with Crippen LogP contribution in [0.15, 0.2) is 24.3 Å². The smallest absolute Gasteiger partial charge is 0.282 e. The number of carbonyl (C=O) groups excluding carboxylic acids is 2. The lowest BCUT2D eigenvalue weighted by Crippen LogP contribution is -2.57. The second-order valence-corrected chi connectivity index (χ2v) is 10.8. The van der Waals surface area contributed by atoms with Crippen molar-refractivity contribution in [3.8, 4) is 0 Å². The average molecular weight is 453 g/mol. The molecule has 31 heavy (non-hydrogen) atoms. The van der Waals surface area contributed by atoms with Crippen molar-refractivity contribution in [3.05, 3.63) is 35.4 Å². The van der Waals surface area contributed by atoms with Gasteiger partial charge in [-0.1, -0.05) is 46.8 Å². The van der Waals surface area contributed by atoms with E-state index in [4.69, 9.17) is 0 Å². The van der Waals surface area contributed by atoms with Gasteiger partial charge in [0.05, 0.1) is 0 Å². The van der Waals surface area contributed by atoms with Crippen LogP contribution in [0.1, 0.15) is 57.5 Å².